The van der Waals surface area contributed by atoms with Gasteiger partial charge in [-0.3, -0.25) is 0 Å². The van der Waals surface area contributed by atoms with E-state index in [1.54, 1.807) is 0 Å². The van der Waals surface area contributed by atoms with Crippen molar-refractivity contribution in [3.8, 4) is 122 Å². The lowest BCUT2D eigenvalue weighted by Crippen LogP contribution is -2.16. The number of hydrogen-bond donors (Lipinski definition) is 0. The maximum Gasteiger partial charge on any atom is 0.143 e. The van der Waals surface area contributed by atoms with Gasteiger partial charge >= 0.3 is 0 Å². The summed E-state index contributed by atoms with van der Waals surface area (Å²) in [5, 5.41) is 8.95. The fourth-order valence-corrected chi connectivity index (χ4v) is 21.4. The van der Waals surface area contributed by atoms with Gasteiger partial charge in [0.15, 0.2) is 0 Å². The van der Waals surface area contributed by atoms with Crippen LogP contribution in [-0.4, -0.2) is 0 Å². The number of benzene rings is 20. The number of para-hydroxylation sites is 5. The van der Waals surface area contributed by atoms with Gasteiger partial charge in [0.25, 0.3) is 0 Å². The van der Waals surface area contributed by atoms with E-state index in [1.807, 2.05) is 36.4 Å². The second-order valence-corrected chi connectivity index (χ2v) is 36.6. The first-order chi connectivity index (χ1) is 64.8. The van der Waals surface area contributed by atoms with Crippen LogP contribution in [0.2, 0.25) is 0 Å². The third-order valence-electron chi connectivity index (χ3n) is 28.4. The summed E-state index contributed by atoms with van der Waals surface area (Å²) in [5.41, 5.74) is 44.0. The fraction of sp³-hybridized carbons (Fsp3) is 0.0476. The topological polar surface area (TPSA) is 59.0 Å². The molecule has 622 valence electrons. The molecule has 132 heavy (non-hydrogen) atoms. The molecule has 0 unspecified atom stereocenters. The van der Waals surface area contributed by atoms with Gasteiger partial charge in [-0.25, -0.2) is 0 Å². The molecule has 0 N–H and O–H groups in total. The third-order valence-corrected chi connectivity index (χ3v) is 28.4. The van der Waals surface area contributed by atoms with Crippen LogP contribution in [0.25, 0.3) is 210 Å². The minimum Gasteiger partial charge on any atom is -0.456 e. The van der Waals surface area contributed by atoms with Gasteiger partial charge in [-0.1, -0.05) is 331 Å². The standard InChI is InChI=1S/C126H84N2O4/c1-125(2)113-23-9-5-15-101(113)103-66-63-97(75-115(103)125)127(93-59-47-83(48-60-93)79-35-39-87(40-36-79)99-19-13-21-108-105-16-6-12-26-119(105)131-123(99)108)94-61-49-84(50-62-94)80-37-41-88(42-38-80)100-20-14-22-109-112-73-91(54-70-122(112)132-124(100)109)92-51-65-102-104-67-64-98(76-116(104)126(3,4)114(102)74-92)128(95-55-43-81(44-56-95)77-27-31-85(32-28-77)89-52-68-120-110(71-89)106-17-7-10-24-117(106)129-120)96-57-45-82(46-58-96)78-29-33-86(34-30-78)90-53-69-121-111(72-90)107-18-8-11-25-118(107)130-121/h5-76H,1-4H3. The minimum absolute atomic E-state index is 0.164. The molecule has 6 nitrogen and oxygen atoms in total. The third kappa shape index (κ3) is 12.5. The Morgan fingerprint density at radius 1 is 0.152 bits per heavy atom. The van der Waals surface area contributed by atoms with Crippen LogP contribution in [0.3, 0.4) is 0 Å². The smallest absolute Gasteiger partial charge is 0.143 e. The molecule has 0 radical (unpaired) electrons. The SMILES string of the molecule is CC1(C)c2ccccc2-c2ccc(N(c3ccc(-c4ccc(-c5cccc6c5oc5ccccc56)cc4)cc3)c3ccc(-c4ccc(-c5cccc6c5oc5ccc(-c7ccc8c(c7)C(C)(C)c7cc(N(c9ccc(-c%10ccc(-c%11ccc%12oc%13ccccc%13c%12c%11)cc%10)cc9)c9ccc(-c%10ccc(-c%11ccc%12oc%13ccccc%13c%12c%11)cc%10)cc9)ccc7-8)cc56)cc4)cc3)cc21. The predicted molar refractivity (Wildman–Crippen MR) is 549 cm³/mol. The predicted octanol–water partition coefficient (Wildman–Crippen LogP) is 35.8. The van der Waals surface area contributed by atoms with Crippen LogP contribution < -0.4 is 9.80 Å². The Hall–Kier alpha value is -16.8. The van der Waals surface area contributed by atoms with Gasteiger partial charge in [-0.05, 0) is 267 Å². The fourth-order valence-electron chi connectivity index (χ4n) is 21.4. The van der Waals surface area contributed by atoms with Crippen molar-refractivity contribution in [1.82, 2.24) is 0 Å². The van der Waals surface area contributed by atoms with E-state index in [4.69, 9.17) is 17.7 Å². The van der Waals surface area contributed by atoms with Crippen LogP contribution in [0, 0.1) is 0 Å². The molecule has 4 heterocycles. The van der Waals surface area contributed by atoms with Crippen LogP contribution in [0.1, 0.15) is 49.9 Å². The minimum atomic E-state index is -0.332. The van der Waals surface area contributed by atoms with Gasteiger partial charge in [0.2, 0.25) is 0 Å². The van der Waals surface area contributed by atoms with Gasteiger partial charge < -0.3 is 27.5 Å². The molecule has 2 aliphatic rings. The molecule has 20 aromatic carbocycles. The number of fused-ring (bicyclic) bond motifs is 18. The Morgan fingerprint density at radius 2 is 0.386 bits per heavy atom. The van der Waals surface area contributed by atoms with Gasteiger partial charge in [0.05, 0.1) is 0 Å². The number of furan rings is 4. The van der Waals surface area contributed by atoms with Crippen LogP contribution in [0.5, 0.6) is 0 Å². The van der Waals surface area contributed by atoms with Crippen LogP contribution >= 0.6 is 0 Å². The quantitative estimate of drug-likeness (QED) is 0.102. The first-order valence-electron chi connectivity index (χ1n) is 45.5. The lowest BCUT2D eigenvalue weighted by molar-refractivity contribution is 0.660. The van der Waals surface area contributed by atoms with E-state index in [0.717, 1.165) is 216 Å². The Bertz CT molecular complexity index is 8570. The molecular weight excluding hydrogens is 1610 g/mol. The molecule has 0 fully saturated rings. The lowest BCUT2D eigenvalue weighted by atomic mass is 9.81. The molecule has 0 amide bonds. The van der Waals surface area contributed by atoms with Crippen LogP contribution in [0.15, 0.2) is 454 Å². The lowest BCUT2D eigenvalue weighted by Gasteiger charge is -2.28. The Labute approximate surface area is 764 Å². The van der Waals surface area contributed by atoms with Crippen molar-refractivity contribution in [2.45, 2.75) is 38.5 Å². The van der Waals surface area contributed by atoms with Crippen molar-refractivity contribution in [3.63, 3.8) is 0 Å². The van der Waals surface area contributed by atoms with Gasteiger partial charge in [-0.2, -0.15) is 0 Å². The van der Waals surface area contributed by atoms with E-state index >= 15 is 0 Å². The summed E-state index contributed by atoms with van der Waals surface area (Å²) in [4.78, 5) is 4.82. The Balaban J connectivity index is 0.477. The molecule has 0 atom stereocenters. The van der Waals surface area contributed by atoms with Crippen molar-refractivity contribution in [3.05, 3.63) is 459 Å². The summed E-state index contributed by atoms with van der Waals surface area (Å²) in [5.74, 6) is 0. The maximum atomic E-state index is 6.92. The van der Waals surface area contributed by atoms with E-state index in [-0.39, 0.29) is 10.8 Å². The van der Waals surface area contributed by atoms with Crippen molar-refractivity contribution >= 4 is 122 Å². The second-order valence-electron chi connectivity index (χ2n) is 36.6. The summed E-state index contributed by atoms with van der Waals surface area (Å²) in [6.07, 6.45) is 0. The molecular formula is C126H84N2O4. The average molecular weight is 1690 g/mol. The van der Waals surface area contributed by atoms with E-state index in [9.17, 15) is 0 Å². The summed E-state index contributed by atoms with van der Waals surface area (Å²) < 4.78 is 25.7. The molecule has 0 saturated carbocycles. The zero-order valence-corrected chi connectivity index (χ0v) is 73.1. The molecule has 24 aromatic rings. The van der Waals surface area contributed by atoms with Crippen molar-refractivity contribution in [2.24, 2.45) is 0 Å². The van der Waals surface area contributed by atoms with E-state index in [2.05, 4.69) is 438 Å². The van der Waals surface area contributed by atoms with Crippen LogP contribution in [0.4, 0.5) is 34.1 Å². The molecule has 2 aliphatic carbocycles. The molecule has 4 aromatic heterocycles. The Morgan fingerprint density at radius 3 is 0.795 bits per heavy atom. The largest absolute Gasteiger partial charge is 0.456 e. The second kappa shape index (κ2) is 29.9. The highest BCUT2D eigenvalue weighted by Crippen LogP contribution is 2.55. The van der Waals surface area contributed by atoms with Crippen molar-refractivity contribution < 1.29 is 17.7 Å². The van der Waals surface area contributed by atoms with E-state index in [1.165, 1.54) is 50.1 Å². The molecule has 0 spiro atoms. The zero-order valence-electron chi connectivity index (χ0n) is 73.1. The first kappa shape index (κ1) is 76.4. The highest BCUT2D eigenvalue weighted by atomic mass is 16.3. The molecule has 6 heteroatoms. The van der Waals surface area contributed by atoms with Gasteiger partial charge in [0.1, 0.15) is 44.7 Å². The number of anilines is 6. The van der Waals surface area contributed by atoms with Gasteiger partial charge in [-0.15, -0.1) is 0 Å². The molecule has 0 bridgehead atoms. The number of nitrogens with zero attached hydrogens (tertiary/aromatic N) is 2. The summed E-state index contributed by atoms with van der Waals surface area (Å²) in [6, 6.07) is 159. The number of hydrogen-bond acceptors (Lipinski definition) is 6. The zero-order chi connectivity index (χ0) is 87.6. The van der Waals surface area contributed by atoms with Gasteiger partial charge in [0, 0.05) is 99.2 Å². The molecule has 0 aliphatic heterocycles. The van der Waals surface area contributed by atoms with Crippen molar-refractivity contribution in [1.29, 1.82) is 0 Å². The average Bonchev–Trinajstić information content (AvgIpc) is 1.57. The summed E-state index contributed by atoms with van der Waals surface area (Å²) in [6.45, 7) is 9.49. The highest BCUT2D eigenvalue weighted by Gasteiger charge is 2.38. The van der Waals surface area contributed by atoms with E-state index < -0.39 is 0 Å². The van der Waals surface area contributed by atoms with Crippen molar-refractivity contribution in [2.75, 3.05) is 9.80 Å². The molecule has 26 rings (SSSR count). The summed E-state index contributed by atoms with van der Waals surface area (Å²) >= 11 is 0. The first-order valence-corrected chi connectivity index (χ1v) is 45.5. The van der Waals surface area contributed by atoms with E-state index in [0.29, 0.717) is 0 Å². The normalized spacial score (nSPS) is 13.0. The highest BCUT2D eigenvalue weighted by molar-refractivity contribution is 6.13. The number of rotatable bonds is 15. The Kier molecular flexibility index (Phi) is 17.3. The monoisotopic (exact) mass is 1690 g/mol. The maximum absolute atomic E-state index is 6.92. The molecule has 0 saturated heterocycles. The van der Waals surface area contributed by atoms with Crippen LogP contribution in [-0.2, 0) is 10.8 Å². The summed E-state index contributed by atoms with van der Waals surface area (Å²) in [7, 11) is 0.